The van der Waals surface area contributed by atoms with Crippen molar-refractivity contribution in [2.75, 3.05) is 12.3 Å². The highest BCUT2D eigenvalue weighted by Crippen LogP contribution is 2.31. The zero-order valence-electron chi connectivity index (χ0n) is 12.3. The number of nitrogen functional groups attached to an aromatic ring is 1. The number of aliphatic hydroxyl groups excluding tert-OH is 2. The second kappa shape index (κ2) is 5.98. The lowest BCUT2D eigenvalue weighted by Crippen LogP contribution is -2.35. The number of hydrogen-bond donors (Lipinski definition) is 4. The fourth-order valence-electron chi connectivity index (χ4n) is 2.45. The Labute approximate surface area is 137 Å². The minimum atomic E-state index is -1.48. The van der Waals surface area contributed by atoms with Crippen LogP contribution in [-0.2, 0) is 14.3 Å². The van der Waals surface area contributed by atoms with Crippen LogP contribution in [-0.4, -0.2) is 55.6 Å². The Hall–Kier alpha value is -2.28. The molecule has 1 aliphatic heterocycles. The number of carbonyl (C=O) groups is 1. The van der Waals surface area contributed by atoms with E-state index in [2.05, 4.69) is 9.97 Å². The van der Waals surface area contributed by atoms with Crippen molar-refractivity contribution in [3.8, 4) is 0 Å². The van der Waals surface area contributed by atoms with Crippen LogP contribution in [0.4, 0.5) is 5.95 Å². The van der Waals surface area contributed by atoms with E-state index in [4.69, 9.17) is 15.2 Å². The van der Waals surface area contributed by atoms with E-state index in [0.29, 0.717) is 11.3 Å². The molecule has 11 nitrogen and oxygen atoms in total. The molecule has 4 atom stereocenters. The van der Waals surface area contributed by atoms with Crippen molar-refractivity contribution in [3.05, 3.63) is 20.0 Å². The molecule has 0 bridgehead atoms. The Morgan fingerprint density at radius 2 is 2.17 bits per heavy atom. The molecule has 130 valence electrons. The summed E-state index contributed by atoms with van der Waals surface area (Å²) in [6, 6.07) is 0. The number of ether oxygens (including phenoxy) is 2. The molecular formula is C12H14N4O7S. The number of hydrogen-bond acceptors (Lipinski definition) is 10. The van der Waals surface area contributed by atoms with Crippen molar-refractivity contribution in [2.45, 2.75) is 31.5 Å². The molecule has 2 aromatic rings. The predicted octanol–water partition coefficient (Wildman–Crippen LogP) is -2.09. The van der Waals surface area contributed by atoms with Crippen LogP contribution >= 0.6 is 11.3 Å². The first-order chi connectivity index (χ1) is 11.3. The summed E-state index contributed by atoms with van der Waals surface area (Å²) in [5, 5.41) is 20.2. The Balaban J connectivity index is 2.01. The number of aromatic amines is 1. The van der Waals surface area contributed by atoms with Crippen LogP contribution in [0, 0.1) is 0 Å². The van der Waals surface area contributed by atoms with Crippen molar-refractivity contribution < 1.29 is 24.5 Å². The molecule has 3 rings (SSSR count). The molecule has 1 saturated heterocycles. The highest BCUT2D eigenvalue weighted by Gasteiger charge is 2.45. The van der Waals surface area contributed by atoms with E-state index in [0.717, 1.165) is 4.57 Å². The number of nitrogens with two attached hydrogens (primary N) is 1. The number of anilines is 1. The average Bonchev–Trinajstić information content (AvgIpc) is 2.96. The lowest BCUT2D eigenvalue weighted by Gasteiger charge is -2.15. The van der Waals surface area contributed by atoms with Gasteiger partial charge in [0.15, 0.2) is 11.9 Å². The molecule has 1 fully saturated rings. The van der Waals surface area contributed by atoms with E-state index in [9.17, 15) is 24.6 Å². The Kier molecular flexibility index (Phi) is 4.13. The van der Waals surface area contributed by atoms with Gasteiger partial charge in [0.1, 0.15) is 29.6 Å². The Morgan fingerprint density at radius 1 is 1.46 bits per heavy atom. The highest BCUT2D eigenvalue weighted by molar-refractivity contribution is 7.16. The number of aromatic nitrogens is 3. The summed E-state index contributed by atoms with van der Waals surface area (Å²) in [6.07, 6.45) is -5.20. The van der Waals surface area contributed by atoms with Gasteiger partial charge in [0.2, 0.25) is 5.95 Å². The number of H-pyrrole nitrogens is 1. The van der Waals surface area contributed by atoms with Crippen molar-refractivity contribution in [3.63, 3.8) is 0 Å². The van der Waals surface area contributed by atoms with Gasteiger partial charge >= 0.3 is 10.8 Å². The van der Waals surface area contributed by atoms with Crippen LogP contribution in [0.5, 0.6) is 0 Å². The summed E-state index contributed by atoms with van der Waals surface area (Å²) < 4.78 is 11.2. The molecule has 2 aromatic heterocycles. The van der Waals surface area contributed by atoms with Gasteiger partial charge < -0.3 is 25.4 Å². The lowest BCUT2D eigenvalue weighted by atomic mass is 10.1. The first-order valence-electron chi connectivity index (χ1n) is 6.85. The van der Waals surface area contributed by atoms with Gasteiger partial charge in [-0.05, 0) is 0 Å². The molecule has 0 saturated carbocycles. The molecule has 0 aromatic carbocycles. The molecule has 12 heteroatoms. The number of thiazole rings is 1. The number of aliphatic hydroxyl groups is 2. The van der Waals surface area contributed by atoms with Crippen LogP contribution in [0.2, 0.25) is 0 Å². The number of esters is 1. The van der Waals surface area contributed by atoms with Gasteiger partial charge in [-0.2, -0.15) is 4.98 Å². The van der Waals surface area contributed by atoms with Crippen molar-refractivity contribution in [1.29, 1.82) is 0 Å². The molecule has 0 spiro atoms. The second-order valence-electron chi connectivity index (χ2n) is 5.19. The third-order valence-electron chi connectivity index (χ3n) is 3.53. The molecule has 0 unspecified atom stereocenters. The van der Waals surface area contributed by atoms with Gasteiger partial charge in [-0.25, -0.2) is 0 Å². The number of carbonyl (C=O) groups excluding carboxylic acids is 1. The number of rotatable bonds is 3. The Bertz CT molecular complexity index is 903. The standard InChI is InChI=1S/C12H14N4O7S/c1-3(17)22-2-4-5(18)6(19)10(23-4)16-8-7(24-12(16)21)9(20)15-11(13)14-8/h4-6,10,18-19H,2H2,1H3,(H3,13,14,15,20)/t4-,5-,6-,10-/m1/s1. The third kappa shape index (κ3) is 2.69. The van der Waals surface area contributed by atoms with Gasteiger partial charge in [0.25, 0.3) is 5.56 Å². The largest absolute Gasteiger partial charge is 0.463 e. The van der Waals surface area contributed by atoms with E-state index < -0.39 is 40.9 Å². The van der Waals surface area contributed by atoms with E-state index in [1.54, 1.807) is 0 Å². The smallest absolute Gasteiger partial charge is 0.311 e. The summed E-state index contributed by atoms with van der Waals surface area (Å²) in [5.41, 5.74) is 4.83. The first-order valence-corrected chi connectivity index (χ1v) is 7.67. The summed E-state index contributed by atoms with van der Waals surface area (Å²) in [4.78, 5) is 40.5. The molecule has 0 radical (unpaired) electrons. The van der Waals surface area contributed by atoms with Gasteiger partial charge in [-0.3, -0.25) is 23.9 Å². The number of nitrogens with zero attached hydrogens (tertiary/aromatic N) is 2. The normalized spacial score (nSPS) is 26.8. The average molecular weight is 358 g/mol. The fraction of sp³-hybridized carbons (Fsp3) is 0.500. The SMILES string of the molecule is CC(=O)OC[C@H]1O[C@@H](n2c(=O)sc3c(=O)[nH]c(N)nc32)[C@H](O)[C@@H]1O. The monoisotopic (exact) mass is 358 g/mol. The third-order valence-corrected chi connectivity index (χ3v) is 4.48. The van der Waals surface area contributed by atoms with Gasteiger partial charge in [0, 0.05) is 6.92 Å². The van der Waals surface area contributed by atoms with Gasteiger partial charge in [0.05, 0.1) is 0 Å². The maximum Gasteiger partial charge on any atom is 0.311 e. The van der Waals surface area contributed by atoms with Crippen LogP contribution in [0.15, 0.2) is 9.59 Å². The quantitative estimate of drug-likeness (QED) is 0.449. The van der Waals surface area contributed by atoms with Crippen molar-refractivity contribution >= 4 is 33.6 Å². The van der Waals surface area contributed by atoms with E-state index in [1.807, 2.05) is 0 Å². The molecule has 0 amide bonds. The minimum absolute atomic E-state index is 0.0166. The van der Waals surface area contributed by atoms with Crippen molar-refractivity contribution in [1.82, 2.24) is 14.5 Å². The number of fused-ring (bicyclic) bond motifs is 1. The van der Waals surface area contributed by atoms with E-state index >= 15 is 0 Å². The molecule has 3 heterocycles. The minimum Gasteiger partial charge on any atom is -0.463 e. The molecule has 0 aliphatic carbocycles. The van der Waals surface area contributed by atoms with Crippen LogP contribution in [0.1, 0.15) is 13.2 Å². The molecule has 1 aliphatic rings. The topological polar surface area (TPSA) is 170 Å². The van der Waals surface area contributed by atoms with Crippen LogP contribution in [0.3, 0.4) is 0 Å². The second-order valence-corrected chi connectivity index (χ2v) is 6.15. The summed E-state index contributed by atoms with van der Waals surface area (Å²) in [6.45, 7) is 0.891. The van der Waals surface area contributed by atoms with Gasteiger partial charge in [-0.1, -0.05) is 11.3 Å². The zero-order valence-corrected chi connectivity index (χ0v) is 13.1. The summed E-state index contributed by atoms with van der Waals surface area (Å²) in [7, 11) is 0. The predicted molar refractivity (Wildman–Crippen MR) is 81.5 cm³/mol. The first kappa shape index (κ1) is 16.6. The fourth-order valence-corrected chi connectivity index (χ4v) is 3.29. The van der Waals surface area contributed by atoms with Crippen LogP contribution < -0.4 is 16.2 Å². The molecular weight excluding hydrogens is 344 g/mol. The maximum absolute atomic E-state index is 12.2. The number of nitrogens with one attached hydrogen (secondary N) is 1. The summed E-state index contributed by atoms with van der Waals surface area (Å²) >= 11 is 0.611. The van der Waals surface area contributed by atoms with Crippen LogP contribution in [0.25, 0.3) is 10.3 Å². The molecule has 5 N–H and O–H groups in total. The van der Waals surface area contributed by atoms with E-state index in [1.165, 1.54) is 6.92 Å². The van der Waals surface area contributed by atoms with Gasteiger partial charge in [-0.15, -0.1) is 0 Å². The zero-order chi connectivity index (χ0) is 17.6. The summed E-state index contributed by atoms with van der Waals surface area (Å²) in [5.74, 6) is -0.786. The molecule has 24 heavy (non-hydrogen) atoms. The van der Waals surface area contributed by atoms with E-state index in [-0.39, 0.29) is 22.9 Å². The lowest BCUT2D eigenvalue weighted by molar-refractivity contribution is -0.147. The maximum atomic E-state index is 12.2. The Morgan fingerprint density at radius 3 is 2.83 bits per heavy atom. The highest BCUT2D eigenvalue weighted by atomic mass is 32.1. The van der Waals surface area contributed by atoms with Crippen molar-refractivity contribution in [2.24, 2.45) is 0 Å².